The van der Waals surface area contributed by atoms with E-state index in [4.69, 9.17) is 15.0 Å². The molecule has 3 aromatic heterocycles. The predicted octanol–water partition coefficient (Wildman–Crippen LogP) is 11.3. The Morgan fingerprint density at radius 1 is 0.420 bits per heavy atom. The summed E-state index contributed by atoms with van der Waals surface area (Å²) < 4.78 is 4.64. The Hall–Kier alpha value is -6.85. The van der Waals surface area contributed by atoms with Crippen molar-refractivity contribution < 1.29 is 0 Å². The fourth-order valence-electron chi connectivity index (χ4n) is 6.48. The van der Waals surface area contributed by atoms with E-state index in [1.54, 1.807) is 12.2 Å². The lowest BCUT2D eigenvalue weighted by molar-refractivity contribution is 1.07. The van der Waals surface area contributed by atoms with Gasteiger partial charge in [-0.15, -0.1) is 0 Å². The normalized spacial score (nSPS) is 11.0. The third-order valence-electron chi connectivity index (χ3n) is 8.77. The maximum atomic E-state index is 5.00. The van der Waals surface area contributed by atoms with Crippen molar-refractivity contribution in [3.8, 4) is 45.5 Å². The number of hydrogen-bond acceptors (Lipinski definition) is 3. The molecule has 0 saturated heterocycles. The largest absolute Gasteiger partial charge is 0.316 e. The molecule has 0 atom stereocenters. The molecule has 0 N–H and O–H groups in total. The molecule has 5 heteroatoms. The highest BCUT2D eigenvalue weighted by Crippen LogP contribution is 2.38. The van der Waals surface area contributed by atoms with Crippen LogP contribution < -0.4 is 0 Å². The van der Waals surface area contributed by atoms with Crippen molar-refractivity contribution in [2.75, 3.05) is 0 Å². The molecule has 0 aliphatic carbocycles. The van der Waals surface area contributed by atoms with Crippen molar-refractivity contribution in [3.63, 3.8) is 0 Å². The van der Waals surface area contributed by atoms with Crippen molar-refractivity contribution >= 4 is 32.7 Å². The Balaban J connectivity index is 0.000000859. The molecule has 5 nitrogen and oxygen atoms in total. The molecule has 0 radical (unpaired) electrons. The molecule has 0 unspecified atom stereocenters. The lowest BCUT2D eigenvalue weighted by Crippen LogP contribution is -2.01. The van der Waals surface area contributed by atoms with Gasteiger partial charge in [-0.1, -0.05) is 141 Å². The van der Waals surface area contributed by atoms with E-state index in [0.29, 0.717) is 17.5 Å². The Morgan fingerprint density at radius 3 is 1.60 bits per heavy atom. The van der Waals surface area contributed by atoms with Crippen LogP contribution in [0.1, 0.15) is 0 Å². The first-order valence-corrected chi connectivity index (χ1v) is 16.5. The topological polar surface area (TPSA) is 48.5 Å². The standard InChI is InChI=1S/C41H27N5.C4H6/c1-4-13-28(14-5-1)39-42-40(29-15-6-2-7-16-29)44-41(43-39)30-17-12-20-32(27-30)46-37-22-11-10-21-33(37)34-23-24-36-35(38(34)46)25-26-45(36)31-18-8-3-9-19-31;1-3-4-2/h1-27H;3-4H,1-2H2. The summed E-state index contributed by atoms with van der Waals surface area (Å²) in [7, 11) is 0. The Morgan fingerprint density at radius 2 is 0.960 bits per heavy atom. The van der Waals surface area contributed by atoms with Crippen LogP contribution in [0.5, 0.6) is 0 Å². The monoisotopic (exact) mass is 643 g/mol. The highest BCUT2D eigenvalue weighted by molar-refractivity contribution is 6.18. The zero-order valence-electron chi connectivity index (χ0n) is 27.4. The molecule has 50 heavy (non-hydrogen) atoms. The predicted molar refractivity (Wildman–Crippen MR) is 208 cm³/mol. The first kappa shape index (κ1) is 30.5. The summed E-state index contributed by atoms with van der Waals surface area (Å²) in [5.74, 6) is 1.93. The number of aromatic nitrogens is 5. The van der Waals surface area contributed by atoms with Crippen LogP contribution in [0.25, 0.3) is 78.2 Å². The van der Waals surface area contributed by atoms with Crippen LogP contribution in [0.2, 0.25) is 0 Å². The number of allylic oxidation sites excluding steroid dienone is 2. The van der Waals surface area contributed by atoms with E-state index in [1.165, 1.54) is 21.7 Å². The van der Waals surface area contributed by atoms with Gasteiger partial charge in [-0.25, -0.2) is 15.0 Å². The summed E-state index contributed by atoms with van der Waals surface area (Å²) in [6.45, 7) is 6.72. The smallest absolute Gasteiger partial charge is 0.164 e. The van der Waals surface area contributed by atoms with E-state index < -0.39 is 0 Å². The first-order valence-electron chi connectivity index (χ1n) is 16.5. The fourth-order valence-corrected chi connectivity index (χ4v) is 6.48. The van der Waals surface area contributed by atoms with Gasteiger partial charge >= 0.3 is 0 Å². The average molecular weight is 644 g/mol. The number of fused-ring (bicyclic) bond motifs is 5. The van der Waals surface area contributed by atoms with Gasteiger partial charge in [-0.2, -0.15) is 0 Å². The third-order valence-corrected chi connectivity index (χ3v) is 8.77. The van der Waals surface area contributed by atoms with E-state index >= 15 is 0 Å². The second-order valence-electron chi connectivity index (χ2n) is 11.8. The summed E-state index contributed by atoms with van der Waals surface area (Å²) in [6, 6.07) is 54.6. The van der Waals surface area contributed by atoms with Gasteiger partial charge in [-0.05, 0) is 42.5 Å². The summed E-state index contributed by atoms with van der Waals surface area (Å²) in [5, 5.41) is 3.63. The fraction of sp³-hybridized carbons (Fsp3) is 0. The molecule has 0 spiro atoms. The molecule has 0 aliphatic rings. The van der Waals surface area contributed by atoms with Gasteiger partial charge in [0.05, 0.1) is 16.6 Å². The number of para-hydroxylation sites is 2. The molecule has 6 aromatic carbocycles. The average Bonchev–Trinajstić information content (AvgIpc) is 3.79. The molecule has 9 rings (SSSR count). The Bertz CT molecular complexity index is 2550. The van der Waals surface area contributed by atoms with Crippen LogP contribution in [0.4, 0.5) is 0 Å². The SMILES string of the molecule is C=CC=C.c1ccc(-c2nc(-c3ccccc3)nc(-c3cccc(-n4c5ccccc5c5ccc6c(ccn6-c6ccccc6)c54)c3)n2)cc1. The quantitative estimate of drug-likeness (QED) is 0.169. The second kappa shape index (κ2) is 13.3. The lowest BCUT2D eigenvalue weighted by atomic mass is 10.1. The van der Waals surface area contributed by atoms with Crippen LogP contribution in [0, 0.1) is 0 Å². The summed E-state index contributed by atoms with van der Waals surface area (Å²) >= 11 is 0. The van der Waals surface area contributed by atoms with E-state index in [0.717, 1.165) is 39.1 Å². The zero-order chi connectivity index (χ0) is 33.9. The molecule has 0 amide bonds. The summed E-state index contributed by atoms with van der Waals surface area (Å²) in [6.07, 6.45) is 5.44. The Kier molecular flexibility index (Phi) is 8.13. The van der Waals surface area contributed by atoms with Crippen molar-refractivity contribution in [1.29, 1.82) is 0 Å². The van der Waals surface area contributed by atoms with Crippen LogP contribution in [-0.2, 0) is 0 Å². The molecular formula is C45H33N5. The highest BCUT2D eigenvalue weighted by Gasteiger charge is 2.18. The van der Waals surface area contributed by atoms with Crippen molar-refractivity contribution in [3.05, 3.63) is 189 Å². The van der Waals surface area contributed by atoms with Gasteiger partial charge in [0.15, 0.2) is 17.5 Å². The zero-order valence-corrected chi connectivity index (χ0v) is 27.4. The van der Waals surface area contributed by atoms with E-state index in [1.807, 2.05) is 60.7 Å². The third kappa shape index (κ3) is 5.57. The lowest BCUT2D eigenvalue weighted by Gasteiger charge is -2.12. The van der Waals surface area contributed by atoms with Gasteiger partial charge < -0.3 is 9.13 Å². The van der Waals surface area contributed by atoms with Crippen LogP contribution in [0.3, 0.4) is 0 Å². The van der Waals surface area contributed by atoms with Gasteiger partial charge in [0, 0.05) is 50.4 Å². The molecule has 9 aromatic rings. The van der Waals surface area contributed by atoms with E-state index in [2.05, 4.69) is 126 Å². The molecule has 0 aliphatic heterocycles. The van der Waals surface area contributed by atoms with Gasteiger partial charge in [0.1, 0.15) is 0 Å². The summed E-state index contributed by atoms with van der Waals surface area (Å²) in [5.41, 5.74) is 8.51. The van der Waals surface area contributed by atoms with Gasteiger partial charge in [0.2, 0.25) is 0 Å². The minimum atomic E-state index is 0.635. The number of hydrogen-bond donors (Lipinski definition) is 0. The van der Waals surface area contributed by atoms with E-state index in [-0.39, 0.29) is 0 Å². The molecule has 0 saturated carbocycles. The molecule has 238 valence electrons. The minimum absolute atomic E-state index is 0.635. The number of nitrogens with zero attached hydrogens (tertiary/aromatic N) is 5. The van der Waals surface area contributed by atoms with Crippen LogP contribution >= 0.6 is 0 Å². The molecule has 0 fully saturated rings. The van der Waals surface area contributed by atoms with Gasteiger partial charge in [0.25, 0.3) is 0 Å². The maximum absolute atomic E-state index is 5.00. The van der Waals surface area contributed by atoms with Gasteiger partial charge in [-0.3, -0.25) is 0 Å². The van der Waals surface area contributed by atoms with Crippen molar-refractivity contribution in [1.82, 2.24) is 24.1 Å². The highest BCUT2D eigenvalue weighted by atomic mass is 15.0. The Labute approximate surface area is 290 Å². The molecule has 0 bridgehead atoms. The van der Waals surface area contributed by atoms with Crippen molar-refractivity contribution in [2.24, 2.45) is 0 Å². The number of rotatable bonds is 6. The van der Waals surface area contributed by atoms with Crippen molar-refractivity contribution in [2.45, 2.75) is 0 Å². The first-order chi connectivity index (χ1) is 24.7. The van der Waals surface area contributed by atoms with Crippen LogP contribution in [-0.4, -0.2) is 24.1 Å². The minimum Gasteiger partial charge on any atom is -0.316 e. The van der Waals surface area contributed by atoms with Crippen LogP contribution in [0.15, 0.2) is 189 Å². The maximum Gasteiger partial charge on any atom is 0.164 e. The summed E-state index contributed by atoms with van der Waals surface area (Å²) in [4.78, 5) is 14.9. The molecule has 3 heterocycles. The number of benzene rings is 6. The van der Waals surface area contributed by atoms with E-state index in [9.17, 15) is 0 Å². The second-order valence-corrected chi connectivity index (χ2v) is 11.8. The molecular weight excluding hydrogens is 611 g/mol.